The summed E-state index contributed by atoms with van der Waals surface area (Å²) in [5.74, 6) is 0.821. The summed E-state index contributed by atoms with van der Waals surface area (Å²) in [5, 5.41) is 4.49. The van der Waals surface area contributed by atoms with Crippen LogP contribution in [0.5, 0.6) is 0 Å². The Morgan fingerprint density at radius 1 is 1.17 bits per heavy atom. The van der Waals surface area contributed by atoms with Crippen LogP contribution in [-0.4, -0.2) is 78.9 Å². The highest BCUT2D eigenvalue weighted by molar-refractivity contribution is 6.30. The van der Waals surface area contributed by atoms with E-state index in [0.717, 1.165) is 61.8 Å². The minimum Gasteiger partial charge on any atom is -0.379 e. The number of nitrogens with zero attached hydrogens (tertiary/aromatic N) is 4. The maximum atomic E-state index is 13.4. The van der Waals surface area contributed by atoms with Crippen molar-refractivity contribution in [2.24, 2.45) is 0 Å². The number of halogens is 1. The molecule has 1 N–H and O–H groups in total. The Hall–Kier alpha value is -2.26. The summed E-state index contributed by atoms with van der Waals surface area (Å²) in [6.45, 7) is 6.37. The molecule has 2 saturated heterocycles. The molecule has 0 radical (unpaired) electrons. The zero-order valence-electron chi connectivity index (χ0n) is 20.5. The van der Waals surface area contributed by atoms with E-state index in [1.54, 1.807) is 7.11 Å². The molecule has 35 heavy (non-hydrogen) atoms. The van der Waals surface area contributed by atoms with Crippen molar-refractivity contribution in [2.75, 3.05) is 44.9 Å². The van der Waals surface area contributed by atoms with Crippen LogP contribution in [0.25, 0.3) is 0 Å². The fourth-order valence-electron chi connectivity index (χ4n) is 5.52. The number of hydrogen-bond acceptors (Lipinski definition) is 7. The number of likely N-dealkylation sites (tertiary alicyclic amines) is 1. The van der Waals surface area contributed by atoms with Crippen LogP contribution >= 0.6 is 11.6 Å². The highest BCUT2D eigenvalue weighted by Gasteiger charge is 2.31. The number of carbonyl (C=O) groups excluding carboxylic acids is 1. The molecule has 2 fully saturated rings. The molecule has 4 heterocycles. The van der Waals surface area contributed by atoms with E-state index in [2.05, 4.69) is 26.3 Å². The molecule has 0 saturated carbocycles. The molecular weight excluding hydrogens is 466 g/mol. The zero-order valence-corrected chi connectivity index (χ0v) is 21.3. The Morgan fingerprint density at radius 3 is 2.80 bits per heavy atom. The summed E-state index contributed by atoms with van der Waals surface area (Å²) in [7, 11) is 1.74. The Labute approximate surface area is 212 Å². The van der Waals surface area contributed by atoms with Gasteiger partial charge >= 0.3 is 0 Å². The number of ether oxygens (including phenoxy) is 2. The van der Waals surface area contributed by atoms with Gasteiger partial charge in [0.05, 0.1) is 12.7 Å². The number of fused-ring (bicyclic) bond motifs is 1. The van der Waals surface area contributed by atoms with E-state index < -0.39 is 0 Å². The minimum atomic E-state index is -0.00844. The van der Waals surface area contributed by atoms with Crippen molar-refractivity contribution in [3.05, 3.63) is 51.9 Å². The Kier molecular flexibility index (Phi) is 7.53. The number of benzene rings is 1. The third-order valence-corrected chi connectivity index (χ3v) is 7.81. The molecule has 3 aliphatic rings. The number of amides is 1. The average molecular weight is 500 g/mol. The molecule has 0 spiro atoms. The predicted octanol–water partition coefficient (Wildman–Crippen LogP) is 3.00. The van der Waals surface area contributed by atoms with Crippen molar-refractivity contribution in [1.82, 2.24) is 20.2 Å². The molecule has 188 valence electrons. The molecule has 1 aromatic heterocycles. The number of hydrogen-bond donors (Lipinski definition) is 1. The lowest BCUT2D eigenvalue weighted by atomic mass is 9.99. The first kappa shape index (κ1) is 24.4. The molecule has 9 heteroatoms. The summed E-state index contributed by atoms with van der Waals surface area (Å²) in [4.78, 5) is 26.6. The van der Waals surface area contributed by atoms with Gasteiger partial charge in [-0.25, -0.2) is 9.97 Å². The fourth-order valence-corrected chi connectivity index (χ4v) is 5.71. The van der Waals surface area contributed by atoms with E-state index in [0.29, 0.717) is 37.5 Å². The quantitative estimate of drug-likeness (QED) is 0.677. The van der Waals surface area contributed by atoms with Crippen molar-refractivity contribution in [3.63, 3.8) is 0 Å². The van der Waals surface area contributed by atoms with Gasteiger partial charge in [-0.05, 0) is 55.9 Å². The van der Waals surface area contributed by atoms with Gasteiger partial charge in [-0.3, -0.25) is 4.79 Å². The monoisotopic (exact) mass is 499 g/mol. The molecular formula is C26H34ClN5O3. The smallest absolute Gasteiger partial charge is 0.272 e. The van der Waals surface area contributed by atoms with Gasteiger partial charge in [0, 0.05) is 62.6 Å². The lowest BCUT2D eigenvalue weighted by Crippen LogP contribution is -2.54. The number of nitrogens with one attached hydrogen (secondary N) is 1. The summed E-state index contributed by atoms with van der Waals surface area (Å²) < 4.78 is 11.1. The zero-order chi connectivity index (χ0) is 24.4. The van der Waals surface area contributed by atoms with Gasteiger partial charge in [0.1, 0.15) is 17.8 Å². The first-order chi connectivity index (χ1) is 17.0. The maximum absolute atomic E-state index is 13.4. The summed E-state index contributed by atoms with van der Waals surface area (Å²) >= 11 is 6.22. The van der Waals surface area contributed by atoms with E-state index >= 15 is 0 Å². The van der Waals surface area contributed by atoms with E-state index in [1.807, 2.05) is 24.0 Å². The van der Waals surface area contributed by atoms with Crippen LogP contribution in [0.3, 0.4) is 0 Å². The molecule has 8 nitrogen and oxygen atoms in total. The normalized spacial score (nSPS) is 23.3. The number of aromatic nitrogens is 2. The van der Waals surface area contributed by atoms with Gasteiger partial charge in [-0.15, -0.1) is 0 Å². The summed E-state index contributed by atoms with van der Waals surface area (Å²) in [6.07, 6.45) is 5.32. The van der Waals surface area contributed by atoms with Crippen molar-refractivity contribution in [1.29, 1.82) is 0 Å². The molecule has 5 rings (SSSR count). The minimum absolute atomic E-state index is 0.00844. The third-order valence-electron chi connectivity index (χ3n) is 7.58. The lowest BCUT2D eigenvalue weighted by Gasteiger charge is -2.38. The highest BCUT2D eigenvalue weighted by Crippen LogP contribution is 2.28. The van der Waals surface area contributed by atoms with Crippen molar-refractivity contribution in [2.45, 2.75) is 57.3 Å². The maximum Gasteiger partial charge on any atom is 0.272 e. The van der Waals surface area contributed by atoms with Gasteiger partial charge < -0.3 is 24.6 Å². The molecule has 2 unspecified atom stereocenters. The van der Waals surface area contributed by atoms with Crippen LogP contribution in [0, 0.1) is 6.92 Å². The van der Waals surface area contributed by atoms with Crippen molar-refractivity contribution < 1.29 is 14.3 Å². The second-order valence-corrected chi connectivity index (χ2v) is 10.2. The second kappa shape index (κ2) is 10.8. The molecule has 1 aromatic carbocycles. The number of rotatable bonds is 5. The van der Waals surface area contributed by atoms with Gasteiger partial charge in [-0.1, -0.05) is 17.7 Å². The lowest BCUT2D eigenvalue weighted by molar-refractivity contribution is -0.0533. The van der Waals surface area contributed by atoms with Gasteiger partial charge in [0.15, 0.2) is 0 Å². The molecule has 1 amide bonds. The van der Waals surface area contributed by atoms with Gasteiger partial charge in [0.25, 0.3) is 5.91 Å². The topological polar surface area (TPSA) is 79.8 Å². The number of anilines is 1. The second-order valence-electron chi connectivity index (χ2n) is 9.73. The summed E-state index contributed by atoms with van der Waals surface area (Å²) in [5.41, 5.74) is 3.88. The van der Waals surface area contributed by atoms with E-state index in [1.165, 1.54) is 17.5 Å². The standard InChI is InChI=1S/C26H34ClN5O3/c1-17-24(28-16-29-25(17)32-9-5-18-3-4-20(27)13-19(18)14-32)26(33)31-10-6-21(7-11-31)30-22-8-12-35-15-23(22)34-2/h3-4,13,16,21-23,30H,5-12,14-15H2,1-2H3. The SMILES string of the molecule is COC1COCCC1NC1CCN(C(=O)c2ncnc(N3CCc4ccc(Cl)cc4C3)c2C)CC1. The highest BCUT2D eigenvalue weighted by atomic mass is 35.5. The van der Waals surface area contributed by atoms with Crippen molar-refractivity contribution >= 4 is 23.3 Å². The summed E-state index contributed by atoms with van der Waals surface area (Å²) in [6, 6.07) is 6.76. The van der Waals surface area contributed by atoms with Crippen LogP contribution in [-0.2, 0) is 22.4 Å². The van der Waals surface area contributed by atoms with Crippen LogP contribution in [0.1, 0.15) is 46.4 Å². The first-order valence-corrected chi connectivity index (χ1v) is 12.9. The largest absolute Gasteiger partial charge is 0.379 e. The Balaban J connectivity index is 1.23. The van der Waals surface area contributed by atoms with Crippen molar-refractivity contribution in [3.8, 4) is 0 Å². The van der Waals surface area contributed by atoms with Gasteiger partial charge in [-0.2, -0.15) is 0 Å². The van der Waals surface area contributed by atoms with Crippen LogP contribution < -0.4 is 10.2 Å². The van der Waals surface area contributed by atoms with Gasteiger partial charge in [0.2, 0.25) is 0 Å². The van der Waals surface area contributed by atoms with E-state index in [9.17, 15) is 4.79 Å². The molecule has 2 atom stereocenters. The molecule has 2 aromatic rings. The van der Waals surface area contributed by atoms with E-state index in [4.69, 9.17) is 21.1 Å². The first-order valence-electron chi connectivity index (χ1n) is 12.5. The van der Waals surface area contributed by atoms with E-state index in [-0.39, 0.29) is 12.0 Å². The Morgan fingerprint density at radius 2 is 2.00 bits per heavy atom. The fraction of sp³-hybridized carbons (Fsp3) is 0.577. The number of carbonyl (C=O) groups is 1. The third kappa shape index (κ3) is 5.31. The predicted molar refractivity (Wildman–Crippen MR) is 135 cm³/mol. The average Bonchev–Trinajstić information content (AvgIpc) is 2.89. The number of piperidine rings is 1. The number of methoxy groups -OCH3 is 1. The van der Waals surface area contributed by atoms with Crippen LogP contribution in [0.4, 0.5) is 5.82 Å². The Bertz CT molecular complexity index is 1060. The molecule has 3 aliphatic heterocycles. The van der Waals surface area contributed by atoms with Crippen LogP contribution in [0.15, 0.2) is 24.5 Å². The van der Waals surface area contributed by atoms with Crippen LogP contribution in [0.2, 0.25) is 5.02 Å². The molecule has 0 aliphatic carbocycles. The molecule has 0 bridgehead atoms.